The van der Waals surface area contributed by atoms with Crippen LogP contribution >= 0.6 is 0 Å². The van der Waals surface area contributed by atoms with Gasteiger partial charge < -0.3 is 18.9 Å². The third-order valence-corrected chi connectivity index (χ3v) is 5.94. The smallest absolute Gasteiger partial charge is 0.0785 e. The van der Waals surface area contributed by atoms with Crippen LogP contribution in [0.1, 0.15) is 29.2 Å². The van der Waals surface area contributed by atoms with E-state index in [1.807, 2.05) is 43.3 Å². The summed E-state index contributed by atoms with van der Waals surface area (Å²) in [5.74, 6) is 0. The summed E-state index contributed by atoms with van der Waals surface area (Å²) in [6.07, 6.45) is 0.0313. The van der Waals surface area contributed by atoms with Gasteiger partial charge in [0.25, 0.3) is 0 Å². The van der Waals surface area contributed by atoms with Crippen LogP contribution in [0.15, 0.2) is 109 Å². The molecule has 0 N–H and O–H groups in total. The van der Waals surface area contributed by atoms with E-state index in [1.54, 1.807) is 0 Å². The third-order valence-electron chi connectivity index (χ3n) is 5.94. The SMILES string of the molecule is CC(COCc1cccc(-c2cccc(COCCOCc3ccccc3)c2)c1)OCc1ccccc1. The molecule has 4 rings (SSSR count). The second-order valence-electron chi connectivity index (χ2n) is 9.11. The van der Waals surface area contributed by atoms with Gasteiger partial charge in [-0.25, -0.2) is 0 Å². The molecule has 37 heavy (non-hydrogen) atoms. The Balaban J connectivity index is 1.18. The zero-order valence-electron chi connectivity index (χ0n) is 21.6. The number of hydrogen-bond donors (Lipinski definition) is 0. The number of rotatable bonds is 15. The molecular formula is C33H36O4. The molecule has 4 nitrogen and oxygen atoms in total. The molecule has 0 aliphatic carbocycles. The van der Waals surface area contributed by atoms with Gasteiger partial charge in [0.1, 0.15) is 0 Å². The van der Waals surface area contributed by atoms with E-state index in [0.717, 1.165) is 11.1 Å². The first-order valence-corrected chi connectivity index (χ1v) is 12.9. The van der Waals surface area contributed by atoms with E-state index in [1.165, 1.54) is 22.3 Å². The molecular weight excluding hydrogens is 460 g/mol. The van der Waals surface area contributed by atoms with E-state index in [0.29, 0.717) is 46.2 Å². The van der Waals surface area contributed by atoms with Crippen LogP contribution in [0.2, 0.25) is 0 Å². The van der Waals surface area contributed by atoms with Crippen LogP contribution in [0, 0.1) is 0 Å². The van der Waals surface area contributed by atoms with Gasteiger partial charge in [0.05, 0.1) is 52.4 Å². The summed E-state index contributed by atoms with van der Waals surface area (Å²) >= 11 is 0. The molecule has 4 aromatic rings. The molecule has 0 heterocycles. The molecule has 4 aromatic carbocycles. The van der Waals surface area contributed by atoms with Crippen molar-refractivity contribution in [1.82, 2.24) is 0 Å². The van der Waals surface area contributed by atoms with Crippen molar-refractivity contribution in [2.24, 2.45) is 0 Å². The van der Waals surface area contributed by atoms with E-state index >= 15 is 0 Å². The number of hydrogen-bond acceptors (Lipinski definition) is 4. The largest absolute Gasteiger partial charge is 0.374 e. The lowest BCUT2D eigenvalue weighted by atomic mass is 10.0. The van der Waals surface area contributed by atoms with Crippen LogP contribution in [-0.2, 0) is 45.4 Å². The fraction of sp³-hybridized carbons (Fsp3) is 0.273. The maximum atomic E-state index is 5.94. The maximum Gasteiger partial charge on any atom is 0.0785 e. The monoisotopic (exact) mass is 496 g/mol. The highest BCUT2D eigenvalue weighted by molar-refractivity contribution is 5.64. The van der Waals surface area contributed by atoms with Crippen LogP contribution < -0.4 is 0 Å². The Labute approximate surface area is 220 Å². The molecule has 1 unspecified atom stereocenters. The molecule has 1 atom stereocenters. The van der Waals surface area contributed by atoms with Crippen molar-refractivity contribution in [3.05, 3.63) is 131 Å². The van der Waals surface area contributed by atoms with Crippen molar-refractivity contribution in [3.8, 4) is 11.1 Å². The molecule has 192 valence electrons. The molecule has 4 heteroatoms. The van der Waals surface area contributed by atoms with Crippen LogP contribution in [0.25, 0.3) is 11.1 Å². The topological polar surface area (TPSA) is 36.9 Å². The number of benzene rings is 4. The lowest BCUT2D eigenvalue weighted by Crippen LogP contribution is -2.15. The van der Waals surface area contributed by atoms with Crippen molar-refractivity contribution >= 4 is 0 Å². The van der Waals surface area contributed by atoms with E-state index in [9.17, 15) is 0 Å². The summed E-state index contributed by atoms with van der Waals surface area (Å²) in [7, 11) is 0. The summed E-state index contributed by atoms with van der Waals surface area (Å²) in [5.41, 5.74) is 6.97. The first kappa shape index (κ1) is 26.8. The van der Waals surface area contributed by atoms with Crippen LogP contribution in [0.5, 0.6) is 0 Å². The minimum Gasteiger partial charge on any atom is -0.374 e. The molecule has 0 saturated heterocycles. The average Bonchev–Trinajstić information content (AvgIpc) is 2.95. The van der Waals surface area contributed by atoms with E-state index < -0.39 is 0 Å². The molecule has 0 aromatic heterocycles. The minimum atomic E-state index is 0.0313. The lowest BCUT2D eigenvalue weighted by Gasteiger charge is -2.14. The van der Waals surface area contributed by atoms with Crippen LogP contribution in [-0.4, -0.2) is 25.9 Å². The Hall–Kier alpha value is -3.28. The van der Waals surface area contributed by atoms with Gasteiger partial charge in [-0.1, -0.05) is 97.1 Å². The zero-order chi connectivity index (χ0) is 25.5. The van der Waals surface area contributed by atoms with Crippen LogP contribution in [0.3, 0.4) is 0 Å². The Morgan fingerprint density at radius 3 is 1.51 bits per heavy atom. The van der Waals surface area contributed by atoms with Crippen molar-refractivity contribution in [1.29, 1.82) is 0 Å². The zero-order valence-corrected chi connectivity index (χ0v) is 21.6. The molecule has 0 spiro atoms. The summed E-state index contributed by atoms with van der Waals surface area (Å²) in [4.78, 5) is 0. The maximum absolute atomic E-state index is 5.94. The van der Waals surface area contributed by atoms with E-state index in [2.05, 4.69) is 72.8 Å². The molecule has 0 bridgehead atoms. The van der Waals surface area contributed by atoms with Crippen LogP contribution in [0.4, 0.5) is 0 Å². The highest BCUT2D eigenvalue weighted by atomic mass is 16.5. The Bertz CT molecular complexity index is 1180. The number of ether oxygens (including phenoxy) is 4. The Kier molecular flexibility index (Phi) is 10.9. The standard InChI is InChI=1S/C33H36O4/c1-27(37-26-29-12-6-3-7-13-29)22-36-25-31-15-9-17-33(21-31)32-16-8-14-30(20-32)24-35-19-18-34-23-28-10-4-2-5-11-28/h2-17,20-21,27H,18-19,22-26H2,1H3. The van der Waals surface area contributed by atoms with Crippen molar-refractivity contribution in [2.75, 3.05) is 19.8 Å². The minimum absolute atomic E-state index is 0.0313. The third kappa shape index (κ3) is 9.60. The van der Waals surface area contributed by atoms with Crippen molar-refractivity contribution in [2.45, 2.75) is 39.5 Å². The second kappa shape index (κ2) is 15.1. The quantitative estimate of drug-likeness (QED) is 0.163. The van der Waals surface area contributed by atoms with Crippen molar-refractivity contribution in [3.63, 3.8) is 0 Å². The molecule has 0 saturated carbocycles. The summed E-state index contributed by atoms with van der Waals surface area (Å²) in [6, 6.07) is 37.4. The highest BCUT2D eigenvalue weighted by Crippen LogP contribution is 2.22. The van der Waals surface area contributed by atoms with Gasteiger partial charge >= 0.3 is 0 Å². The van der Waals surface area contributed by atoms with Gasteiger partial charge in [-0.2, -0.15) is 0 Å². The van der Waals surface area contributed by atoms with Gasteiger partial charge in [0.2, 0.25) is 0 Å². The second-order valence-corrected chi connectivity index (χ2v) is 9.11. The predicted molar refractivity (Wildman–Crippen MR) is 148 cm³/mol. The summed E-state index contributed by atoms with van der Waals surface area (Å²) in [6.45, 7) is 6.07. The predicted octanol–water partition coefficient (Wildman–Crippen LogP) is 7.21. The first-order chi connectivity index (χ1) is 18.3. The lowest BCUT2D eigenvalue weighted by molar-refractivity contribution is -0.0197. The summed E-state index contributed by atoms with van der Waals surface area (Å²) in [5, 5.41) is 0. The average molecular weight is 497 g/mol. The molecule has 0 fully saturated rings. The fourth-order valence-corrected chi connectivity index (χ4v) is 3.96. The molecule has 0 radical (unpaired) electrons. The fourth-order valence-electron chi connectivity index (χ4n) is 3.96. The van der Waals surface area contributed by atoms with Gasteiger partial charge in [-0.05, 0) is 52.4 Å². The van der Waals surface area contributed by atoms with Crippen molar-refractivity contribution < 1.29 is 18.9 Å². The highest BCUT2D eigenvalue weighted by Gasteiger charge is 2.05. The summed E-state index contributed by atoms with van der Waals surface area (Å²) < 4.78 is 23.4. The van der Waals surface area contributed by atoms with E-state index in [4.69, 9.17) is 18.9 Å². The normalized spacial score (nSPS) is 11.9. The van der Waals surface area contributed by atoms with Gasteiger partial charge in [-0.15, -0.1) is 0 Å². The van der Waals surface area contributed by atoms with E-state index in [-0.39, 0.29) is 6.10 Å². The Morgan fingerprint density at radius 2 is 0.946 bits per heavy atom. The Morgan fingerprint density at radius 1 is 0.486 bits per heavy atom. The molecule has 0 aliphatic rings. The first-order valence-electron chi connectivity index (χ1n) is 12.9. The van der Waals surface area contributed by atoms with Gasteiger partial charge in [0.15, 0.2) is 0 Å². The molecule has 0 aliphatic heterocycles. The molecule has 0 amide bonds. The van der Waals surface area contributed by atoms with Gasteiger partial charge in [-0.3, -0.25) is 0 Å². The van der Waals surface area contributed by atoms with Gasteiger partial charge in [0, 0.05) is 0 Å².